The number of imidazole rings is 1. The molecular weight excluding hydrogens is 426 g/mol. The molecule has 2 aromatic carbocycles. The number of ether oxygens (including phenoxy) is 2. The monoisotopic (exact) mass is 449 g/mol. The topological polar surface area (TPSA) is 78.5 Å². The Hall–Kier alpha value is -3.65. The number of carbonyl (C=O) groups is 1. The standard InChI is InChI=1S/C24H23N3O4S/c1-3-29-18-8-10-20(11-9-18)30-19-6-4-17(5-7-19)26-23(28)22-13-12-21(31-22)16-32-24-25-14-15-27(24)2/h4-15H,3,16H2,1-2H3,(H,26,28). The Morgan fingerprint density at radius 3 is 2.38 bits per heavy atom. The summed E-state index contributed by atoms with van der Waals surface area (Å²) in [6.45, 7) is 2.56. The van der Waals surface area contributed by atoms with Crippen molar-refractivity contribution in [3.63, 3.8) is 0 Å². The van der Waals surface area contributed by atoms with Crippen molar-refractivity contribution in [1.82, 2.24) is 9.55 Å². The van der Waals surface area contributed by atoms with Crippen LogP contribution in [0.5, 0.6) is 17.2 Å². The van der Waals surface area contributed by atoms with Crippen molar-refractivity contribution in [3.8, 4) is 17.2 Å². The Kier molecular flexibility index (Phi) is 6.81. The Labute approximate surface area is 190 Å². The molecule has 0 spiro atoms. The normalized spacial score (nSPS) is 10.7. The number of hydrogen-bond donors (Lipinski definition) is 1. The Morgan fingerprint density at radius 1 is 1.03 bits per heavy atom. The molecule has 7 nitrogen and oxygen atoms in total. The van der Waals surface area contributed by atoms with Gasteiger partial charge in [0.25, 0.3) is 5.91 Å². The summed E-state index contributed by atoms with van der Waals surface area (Å²) in [5, 5.41) is 3.72. The van der Waals surface area contributed by atoms with Gasteiger partial charge in [-0.1, -0.05) is 11.8 Å². The number of hydrogen-bond acceptors (Lipinski definition) is 6. The zero-order chi connectivity index (χ0) is 22.3. The molecule has 0 saturated heterocycles. The maximum atomic E-state index is 12.5. The van der Waals surface area contributed by atoms with E-state index >= 15 is 0 Å². The second-order valence-electron chi connectivity index (χ2n) is 6.86. The number of anilines is 1. The van der Waals surface area contributed by atoms with Crippen molar-refractivity contribution in [2.45, 2.75) is 17.8 Å². The number of benzene rings is 2. The Morgan fingerprint density at radius 2 is 1.72 bits per heavy atom. The number of furan rings is 1. The minimum atomic E-state index is -0.307. The summed E-state index contributed by atoms with van der Waals surface area (Å²) in [4.78, 5) is 16.8. The van der Waals surface area contributed by atoms with E-state index in [4.69, 9.17) is 13.9 Å². The summed E-state index contributed by atoms with van der Waals surface area (Å²) in [6.07, 6.45) is 3.63. The first kappa shape index (κ1) is 21.6. The van der Waals surface area contributed by atoms with E-state index in [9.17, 15) is 4.79 Å². The van der Waals surface area contributed by atoms with Crippen LogP contribution in [-0.2, 0) is 12.8 Å². The van der Waals surface area contributed by atoms with Gasteiger partial charge in [-0.2, -0.15) is 0 Å². The van der Waals surface area contributed by atoms with Crippen molar-refractivity contribution in [1.29, 1.82) is 0 Å². The summed E-state index contributed by atoms with van der Waals surface area (Å²) in [7, 11) is 1.94. The lowest BCUT2D eigenvalue weighted by molar-refractivity contribution is 0.0995. The molecule has 4 aromatic rings. The molecule has 1 N–H and O–H groups in total. The van der Waals surface area contributed by atoms with E-state index in [1.165, 1.54) is 0 Å². The third-order valence-electron chi connectivity index (χ3n) is 4.49. The lowest BCUT2D eigenvalue weighted by Gasteiger charge is -2.08. The number of amides is 1. The number of carbonyl (C=O) groups excluding carboxylic acids is 1. The lowest BCUT2D eigenvalue weighted by atomic mass is 10.3. The maximum absolute atomic E-state index is 12.5. The number of aryl methyl sites for hydroxylation is 1. The number of rotatable bonds is 9. The van der Waals surface area contributed by atoms with Gasteiger partial charge in [0.2, 0.25) is 0 Å². The molecule has 2 heterocycles. The maximum Gasteiger partial charge on any atom is 0.291 e. The Balaban J connectivity index is 1.30. The van der Waals surface area contributed by atoms with Gasteiger partial charge in [-0.15, -0.1) is 0 Å². The first-order valence-corrected chi connectivity index (χ1v) is 11.1. The van der Waals surface area contributed by atoms with Crippen LogP contribution in [-0.4, -0.2) is 22.1 Å². The molecule has 0 atom stereocenters. The molecule has 0 aliphatic carbocycles. The van der Waals surface area contributed by atoms with Crippen LogP contribution in [0, 0.1) is 0 Å². The summed E-state index contributed by atoms with van der Waals surface area (Å²) in [6, 6.07) is 18.0. The van der Waals surface area contributed by atoms with Gasteiger partial charge in [0.1, 0.15) is 23.0 Å². The average Bonchev–Trinajstić information content (AvgIpc) is 3.44. The second-order valence-corrected chi connectivity index (χ2v) is 7.80. The van der Waals surface area contributed by atoms with Gasteiger partial charge in [-0.25, -0.2) is 4.98 Å². The van der Waals surface area contributed by atoms with Gasteiger partial charge in [-0.05, 0) is 67.6 Å². The van der Waals surface area contributed by atoms with Crippen LogP contribution in [0.25, 0.3) is 0 Å². The van der Waals surface area contributed by atoms with Gasteiger partial charge in [0.15, 0.2) is 10.9 Å². The molecule has 1 amide bonds. The molecular formula is C24H23N3O4S. The molecule has 0 unspecified atom stereocenters. The molecule has 0 aliphatic rings. The van der Waals surface area contributed by atoms with E-state index < -0.39 is 0 Å². The zero-order valence-electron chi connectivity index (χ0n) is 17.8. The number of nitrogens with zero attached hydrogens (tertiary/aromatic N) is 2. The minimum absolute atomic E-state index is 0.259. The van der Waals surface area contributed by atoms with Crippen LogP contribution < -0.4 is 14.8 Å². The minimum Gasteiger partial charge on any atom is -0.494 e. The van der Waals surface area contributed by atoms with Crippen LogP contribution >= 0.6 is 11.8 Å². The molecule has 0 aliphatic heterocycles. The fourth-order valence-corrected chi connectivity index (χ4v) is 3.74. The van der Waals surface area contributed by atoms with E-state index in [1.807, 2.05) is 49.0 Å². The quantitative estimate of drug-likeness (QED) is 0.328. The molecule has 0 bridgehead atoms. The fourth-order valence-electron chi connectivity index (χ4n) is 2.91. The molecule has 32 heavy (non-hydrogen) atoms. The zero-order valence-corrected chi connectivity index (χ0v) is 18.6. The van der Waals surface area contributed by atoms with Crippen LogP contribution in [0.3, 0.4) is 0 Å². The summed E-state index contributed by atoms with van der Waals surface area (Å²) >= 11 is 1.55. The van der Waals surface area contributed by atoms with E-state index in [1.54, 1.807) is 54.4 Å². The number of nitrogens with one attached hydrogen (secondary N) is 1. The second kappa shape index (κ2) is 10.1. The number of thioether (sulfide) groups is 1. The van der Waals surface area contributed by atoms with Crippen molar-refractivity contribution in [3.05, 3.63) is 84.6 Å². The van der Waals surface area contributed by atoms with E-state index in [-0.39, 0.29) is 11.7 Å². The average molecular weight is 450 g/mol. The van der Waals surface area contributed by atoms with Gasteiger partial charge >= 0.3 is 0 Å². The highest BCUT2D eigenvalue weighted by Crippen LogP contribution is 2.26. The number of aromatic nitrogens is 2. The van der Waals surface area contributed by atoms with Gasteiger partial charge < -0.3 is 23.8 Å². The van der Waals surface area contributed by atoms with Crippen molar-refractivity contribution < 1.29 is 18.7 Å². The summed E-state index contributed by atoms with van der Waals surface area (Å²) in [5.41, 5.74) is 0.648. The molecule has 2 aromatic heterocycles. The molecule has 0 fully saturated rings. The van der Waals surface area contributed by atoms with Crippen LogP contribution in [0.15, 0.2) is 82.6 Å². The van der Waals surface area contributed by atoms with Crippen molar-refractivity contribution in [2.75, 3.05) is 11.9 Å². The summed E-state index contributed by atoms with van der Waals surface area (Å²) < 4.78 is 18.9. The smallest absolute Gasteiger partial charge is 0.291 e. The molecule has 0 saturated carbocycles. The van der Waals surface area contributed by atoms with Crippen molar-refractivity contribution in [2.24, 2.45) is 7.05 Å². The highest BCUT2D eigenvalue weighted by atomic mass is 32.2. The highest BCUT2D eigenvalue weighted by Gasteiger charge is 2.13. The SMILES string of the molecule is CCOc1ccc(Oc2ccc(NC(=O)c3ccc(CSc4nccn4C)o3)cc2)cc1. The fraction of sp³-hybridized carbons (Fsp3) is 0.167. The molecule has 0 radical (unpaired) electrons. The first-order valence-electron chi connectivity index (χ1n) is 10.1. The predicted molar refractivity (Wildman–Crippen MR) is 124 cm³/mol. The molecule has 4 rings (SSSR count). The summed E-state index contributed by atoms with van der Waals surface area (Å²) in [5.74, 6) is 3.43. The van der Waals surface area contributed by atoms with E-state index in [2.05, 4.69) is 10.3 Å². The van der Waals surface area contributed by atoms with Crippen LogP contribution in [0.1, 0.15) is 23.2 Å². The Bertz CT molecular complexity index is 1170. The first-order chi connectivity index (χ1) is 15.6. The van der Waals surface area contributed by atoms with Crippen molar-refractivity contribution >= 4 is 23.4 Å². The van der Waals surface area contributed by atoms with E-state index in [0.717, 1.165) is 10.9 Å². The molecule has 8 heteroatoms. The van der Waals surface area contributed by atoms with Gasteiger partial charge in [-0.3, -0.25) is 4.79 Å². The van der Waals surface area contributed by atoms with Gasteiger partial charge in [0, 0.05) is 25.1 Å². The third-order valence-corrected chi connectivity index (χ3v) is 5.57. The van der Waals surface area contributed by atoms with Gasteiger partial charge in [0.05, 0.1) is 12.4 Å². The van der Waals surface area contributed by atoms with Crippen LogP contribution in [0.2, 0.25) is 0 Å². The third kappa shape index (κ3) is 5.53. The van der Waals surface area contributed by atoms with E-state index in [0.29, 0.717) is 35.3 Å². The van der Waals surface area contributed by atoms with Crippen LogP contribution in [0.4, 0.5) is 5.69 Å². The molecule has 164 valence electrons. The largest absolute Gasteiger partial charge is 0.494 e. The lowest BCUT2D eigenvalue weighted by Crippen LogP contribution is -2.10. The predicted octanol–water partition coefficient (Wildman–Crippen LogP) is 5.75. The highest BCUT2D eigenvalue weighted by molar-refractivity contribution is 7.98.